The maximum Gasteiger partial charge on any atom is 0.252 e. The van der Waals surface area contributed by atoms with Crippen LogP contribution in [-0.2, 0) is 11.3 Å². The fraction of sp³-hybridized carbons (Fsp3) is 0.444. The number of fused-ring (bicyclic) bond motifs is 1. The lowest BCUT2D eigenvalue weighted by atomic mass is 9.81. The number of carbonyl (C=O) groups excluding carboxylic acids is 1. The van der Waals surface area contributed by atoms with E-state index in [0.717, 1.165) is 26.2 Å². The van der Waals surface area contributed by atoms with E-state index in [1.54, 1.807) is 37.1 Å². The number of rotatable bonds is 5. The minimum atomic E-state index is -0.0728. The van der Waals surface area contributed by atoms with Crippen molar-refractivity contribution in [3.05, 3.63) is 54.2 Å². The van der Waals surface area contributed by atoms with E-state index in [2.05, 4.69) is 15.2 Å². The Labute approximate surface area is 140 Å². The van der Waals surface area contributed by atoms with E-state index in [9.17, 15) is 4.79 Å². The third-order valence-corrected chi connectivity index (χ3v) is 5.10. The van der Waals surface area contributed by atoms with Crippen molar-refractivity contribution in [2.75, 3.05) is 32.8 Å². The average molecular weight is 327 g/mol. The quantitative estimate of drug-likeness (QED) is 0.902. The highest BCUT2D eigenvalue weighted by Gasteiger charge is 2.50. The minimum Gasteiger partial charge on any atom is -0.472 e. The normalized spacial score (nSPS) is 26.4. The van der Waals surface area contributed by atoms with Crippen LogP contribution >= 0.6 is 0 Å². The number of likely N-dealkylation sites (tertiary alicyclic amines) is 1. The number of nitrogens with zero attached hydrogens (tertiary/aromatic N) is 2. The van der Waals surface area contributed by atoms with Crippen molar-refractivity contribution in [1.29, 1.82) is 0 Å². The zero-order valence-corrected chi connectivity index (χ0v) is 13.5. The van der Waals surface area contributed by atoms with Gasteiger partial charge in [-0.25, -0.2) is 0 Å². The Balaban J connectivity index is 1.40. The highest BCUT2D eigenvalue weighted by atomic mass is 16.5. The molecule has 1 N–H and O–H groups in total. The van der Waals surface area contributed by atoms with Crippen molar-refractivity contribution in [3.63, 3.8) is 0 Å². The molecule has 6 nitrogen and oxygen atoms in total. The molecule has 0 radical (unpaired) electrons. The number of nitrogens with one attached hydrogen (secondary N) is 1. The Morgan fingerprint density at radius 1 is 1.46 bits per heavy atom. The largest absolute Gasteiger partial charge is 0.472 e. The Bertz CT molecular complexity index is 689. The summed E-state index contributed by atoms with van der Waals surface area (Å²) in [5.41, 5.74) is 1.78. The van der Waals surface area contributed by atoms with Gasteiger partial charge in [-0.3, -0.25) is 14.7 Å². The second-order valence-electron chi connectivity index (χ2n) is 6.80. The van der Waals surface area contributed by atoms with Crippen molar-refractivity contribution in [2.45, 2.75) is 6.54 Å². The van der Waals surface area contributed by atoms with Crippen molar-refractivity contribution < 1.29 is 13.9 Å². The molecule has 0 aromatic carbocycles. The van der Waals surface area contributed by atoms with Crippen molar-refractivity contribution in [3.8, 4) is 0 Å². The van der Waals surface area contributed by atoms with Crippen LogP contribution < -0.4 is 5.32 Å². The molecule has 2 aliphatic heterocycles. The lowest BCUT2D eigenvalue weighted by molar-refractivity contribution is 0.0904. The van der Waals surface area contributed by atoms with Crippen LogP contribution in [0.15, 0.2) is 47.5 Å². The molecule has 2 saturated heterocycles. The molecule has 0 aliphatic carbocycles. The average Bonchev–Trinajstić information content (AvgIpc) is 3.30. The standard InChI is InChI=1S/C18H21N3O3/c22-17(15-2-1-4-19-6-15)20-11-18-12-21(7-14-3-5-23-9-14)8-16(18)10-24-13-18/h1-6,9,16H,7-8,10-13H2,(H,20,22)/t16-,18+/m0/s1. The first kappa shape index (κ1) is 15.4. The molecule has 2 aliphatic rings. The molecule has 0 spiro atoms. The molecule has 24 heavy (non-hydrogen) atoms. The Kier molecular flexibility index (Phi) is 4.08. The molecular formula is C18H21N3O3. The zero-order valence-electron chi connectivity index (χ0n) is 13.5. The minimum absolute atomic E-state index is 0.00159. The Morgan fingerprint density at radius 2 is 2.42 bits per heavy atom. The molecule has 1 amide bonds. The molecule has 4 rings (SSSR count). The summed E-state index contributed by atoms with van der Waals surface area (Å²) in [6.07, 6.45) is 6.76. The lowest BCUT2D eigenvalue weighted by Crippen LogP contribution is -2.43. The summed E-state index contributed by atoms with van der Waals surface area (Å²) in [6.45, 7) is 4.90. The lowest BCUT2D eigenvalue weighted by Gasteiger charge is -2.27. The number of ether oxygens (including phenoxy) is 1. The van der Waals surface area contributed by atoms with Crippen LogP contribution in [0.5, 0.6) is 0 Å². The molecule has 4 heterocycles. The van der Waals surface area contributed by atoms with E-state index in [1.165, 1.54) is 5.56 Å². The summed E-state index contributed by atoms with van der Waals surface area (Å²) in [7, 11) is 0. The molecule has 0 unspecified atom stereocenters. The van der Waals surface area contributed by atoms with Crippen molar-refractivity contribution in [1.82, 2.24) is 15.2 Å². The van der Waals surface area contributed by atoms with E-state index in [1.807, 2.05) is 6.07 Å². The van der Waals surface area contributed by atoms with Gasteiger partial charge in [-0.2, -0.15) is 0 Å². The molecule has 6 heteroatoms. The third-order valence-electron chi connectivity index (χ3n) is 5.10. The maximum absolute atomic E-state index is 12.3. The number of hydrogen-bond donors (Lipinski definition) is 1. The second-order valence-corrected chi connectivity index (χ2v) is 6.80. The van der Waals surface area contributed by atoms with Crippen molar-refractivity contribution >= 4 is 5.91 Å². The van der Waals surface area contributed by atoms with Gasteiger partial charge < -0.3 is 14.5 Å². The number of furan rings is 1. The van der Waals surface area contributed by atoms with Gasteiger partial charge in [0.05, 0.1) is 31.3 Å². The van der Waals surface area contributed by atoms with Gasteiger partial charge in [0.1, 0.15) is 0 Å². The number of carbonyl (C=O) groups is 1. The smallest absolute Gasteiger partial charge is 0.252 e. The molecule has 2 atom stereocenters. The topological polar surface area (TPSA) is 67.6 Å². The highest BCUT2D eigenvalue weighted by Crippen LogP contribution is 2.41. The number of aromatic nitrogens is 1. The van der Waals surface area contributed by atoms with Crippen LogP contribution in [0.3, 0.4) is 0 Å². The van der Waals surface area contributed by atoms with Crippen LogP contribution in [0.1, 0.15) is 15.9 Å². The fourth-order valence-corrected chi connectivity index (χ4v) is 3.81. The van der Waals surface area contributed by atoms with E-state index < -0.39 is 0 Å². The third kappa shape index (κ3) is 2.95. The molecular weight excluding hydrogens is 306 g/mol. The number of pyridine rings is 1. The van der Waals surface area contributed by atoms with Crippen LogP contribution in [0.2, 0.25) is 0 Å². The molecule has 0 bridgehead atoms. The maximum atomic E-state index is 12.3. The van der Waals surface area contributed by atoms with Crippen LogP contribution in [0, 0.1) is 11.3 Å². The summed E-state index contributed by atoms with van der Waals surface area (Å²) in [5, 5.41) is 3.08. The molecule has 126 valence electrons. The first-order valence-corrected chi connectivity index (χ1v) is 8.25. The summed E-state index contributed by atoms with van der Waals surface area (Å²) < 4.78 is 10.9. The van der Waals surface area contributed by atoms with Gasteiger partial charge >= 0.3 is 0 Å². The summed E-state index contributed by atoms with van der Waals surface area (Å²) >= 11 is 0. The van der Waals surface area contributed by atoms with Crippen molar-refractivity contribution in [2.24, 2.45) is 11.3 Å². The van der Waals surface area contributed by atoms with E-state index in [-0.39, 0.29) is 11.3 Å². The van der Waals surface area contributed by atoms with Gasteiger partial charge in [-0.1, -0.05) is 0 Å². The van der Waals surface area contributed by atoms with Gasteiger partial charge in [-0.15, -0.1) is 0 Å². The van der Waals surface area contributed by atoms with Gasteiger partial charge in [0.25, 0.3) is 5.91 Å². The number of amides is 1. The fourth-order valence-electron chi connectivity index (χ4n) is 3.81. The monoisotopic (exact) mass is 327 g/mol. The van der Waals surface area contributed by atoms with Crippen LogP contribution in [0.4, 0.5) is 0 Å². The molecule has 2 aromatic rings. The van der Waals surface area contributed by atoms with E-state index in [4.69, 9.17) is 9.15 Å². The van der Waals surface area contributed by atoms with E-state index >= 15 is 0 Å². The molecule has 0 saturated carbocycles. The molecule has 2 aromatic heterocycles. The van der Waals surface area contributed by atoms with Crippen LogP contribution in [0.25, 0.3) is 0 Å². The summed E-state index contributed by atoms with van der Waals surface area (Å²) in [4.78, 5) is 18.7. The zero-order chi connectivity index (χ0) is 16.4. The highest BCUT2D eigenvalue weighted by molar-refractivity contribution is 5.93. The molecule has 2 fully saturated rings. The van der Waals surface area contributed by atoms with Crippen LogP contribution in [-0.4, -0.2) is 48.6 Å². The summed E-state index contributed by atoms with van der Waals surface area (Å²) in [6, 6.07) is 5.56. The van der Waals surface area contributed by atoms with E-state index in [0.29, 0.717) is 24.6 Å². The predicted molar refractivity (Wildman–Crippen MR) is 87.3 cm³/mol. The predicted octanol–water partition coefficient (Wildman–Crippen LogP) is 1.55. The van der Waals surface area contributed by atoms with Gasteiger partial charge in [-0.05, 0) is 18.2 Å². The SMILES string of the molecule is O=C(NC[C@@]12COC[C@@H]1CN(Cc1ccoc1)C2)c1cccnc1. The van der Waals surface area contributed by atoms with Gasteiger partial charge in [0.2, 0.25) is 0 Å². The first-order valence-electron chi connectivity index (χ1n) is 8.25. The Morgan fingerprint density at radius 3 is 3.21 bits per heavy atom. The Hall–Kier alpha value is -2.18. The number of hydrogen-bond acceptors (Lipinski definition) is 5. The summed E-state index contributed by atoms with van der Waals surface area (Å²) in [5.74, 6) is 0.384. The second kappa shape index (κ2) is 6.37. The van der Waals surface area contributed by atoms with Gasteiger partial charge in [0.15, 0.2) is 0 Å². The first-order chi connectivity index (χ1) is 11.8. The van der Waals surface area contributed by atoms with Gasteiger partial charge in [0, 0.05) is 55.5 Å².